The minimum Gasteiger partial charge on any atom is -0.469 e. The van der Waals surface area contributed by atoms with E-state index in [4.69, 9.17) is 9.47 Å². The highest BCUT2D eigenvalue weighted by molar-refractivity contribution is 5.80. The first-order valence-corrected chi connectivity index (χ1v) is 7.84. The van der Waals surface area contributed by atoms with Crippen LogP contribution >= 0.6 is 0 Å². The number of carbonyl (C=O) groups is 3. The number of esters is 1. The van der Waals surface area contributed by atoms with Crippen molar-refractivity contribution in [2.24, 2.45) is 17.8 Å². The van der Waals surface area contributed by atoms with Crippen LogP contribution in [0.1, 0.15) is 5.56 Å². The number of methoxy groups -OCH3 is 1. The lowest BCUT2D eigenvalue weighted by Gasteiger charge is -2.47. The second-order valence-electron chi connectivity index (χ2n) is 5.99. The Morgan fingerprint density at radius 1 is 1.25 bits per heavy atom. The molecule has 1 aromatic carbocycles. The number of nitrogens with zero attached hydrogens (tertiary/aromatic N) is 1. The van der Waals surface area contributed by atoms with E-state index < -0.39 is 29.9 Å². The fourth-order valence-corrected chi connectivity index (χ4v) is 3.47. The van der Waals surface area contributed by atoms with Gasteiger partial charge in [-0.25, -0.2) is 4.79 Å². The summed E-state index contributed by atoms with van der Waals surface area (Å²) < 4.78 is 10.2. The van der Waals surface area contributed by atoms with Crippen LogP contribution in [0.2, 0.25) is 0 Å². The summed E-state index contributed by atoms with van der Waals surface area (Å²) in [5.74, 6) is -1.79. The monoisotopic (exact) mass is 329 g/mol. The Morgan fingerprint density at radius 3 is 2.67 bits per heavy atom. The Kier molecular flexibility index (Phi) is 4.64. The predicted octanol–water partition coefficient (Wildman–Crippen LogP) is 1.80. The van der Waals surface area contributed by atoms with Gasteiger partial charge in [-0.2, -0.15) is 0 Å². The number of piperidine rings is 1. The zero-order chi connectivity index (χ0) is 17.1. The summed E-state index contributed by atoms with van der Waals surface area (Å²) >= 11 is 0. The van der Waals surface area contributed by atoms with Crippen molar-refractivity contribution in [3.05, 3.63) is 48.0 Å². The van der Waals surface area contributed by atoms with E-state index in [0.717, 1.165) is 11.8 Å². The SMILES string of the molecule is COC(=O)C1C2C=CC(C1C=O)N(C(=O)OCc1ccccc1)C2. The second-order valence-corrected chi connectivity index (χ2v) is 5.99. The van der Waals surface area contributed by atoms with Gasteiger partial charge in [0.1, 0.15) is 12.9 Å². The standard InChI is InChI=1S/C18H19NO5/c1-23-17(21)16-13-7-8-15(14(16)10-20)19(9-13)18(22)24-11-12-5-3-2-4-6-12/h2-8,10,13-16H,9,11H2,1H3. The number of carbonyl (C=O) groups excluding carboxylic acids is 3. The number of rotatable bonds is 4. The van der Waals surface area contributed by atoms with Crippen LogP contribution in [0.25, 0.3) is 0 Å². The Labute approximate surface area is 140 Å². The van der Waals surface area contributed by atoms with Crippen LogP contribution in [0, 0.1) is 17.8 Å². The third-order valence-corrected chi connectivity index (χ3v) is 4.66. The van der Waals surface area contributed by atoms with Crippen LogP contribution in [0.4, 0.5) is 4.79 Å². The van der Waals surface area contributed by atoms with Crippen molar-refractivity contribution in [3.63, 3.8) is 0 Å². The fraction of sp³-hybridized carbons (Fsp3) is 0.389. The number of hydrogen-bond donors (Lipinski definition) is 0. The third kappa shape index (κ3) is 2.91. The first-order chi connectivity index (χ1) is 11.7. The van der Waals surface area contributed by atoms with Crippen LogP contribution in [-0.4, -0.2) is 42.9 Å². The first kappa shape index (κ1) is 16.2. The van der Waals surface area contributed by atoms with Crippen LogP contribution < -0.4 is 0 Å². The minimum atomic E-state index is -0.606. The summed E-state index contributed by atoms with van der Waals surface area (Å²) in [5.41, 5.74) is 0.892. The van der Waals surface area contributed by atoms with Gasteiger partial charge in [-0.15, -0.1) is 0 Å². The maximum atomic E-state index is 12.4. The molecule has 2 bridgehead atoms. The highest BCUT2D eigenvalue weighted by Crippen LogP contribution is 2.39. The molecule has 1 fully saturated rings. The Bertz CT molecular complexity index is 657. The van der Waals surface area contributed by atoms with Crippen LogP contribution in [0.15, 0.2) is 42.5 Å². The van der Waals surface area contributed by atoms with E-state index in [0.29, 0.717) is 6.54 Å². The molecule has 0 N–H and O–H groups in total. The van der Waals surface area contributed by atoms with Crippen molar-refractivity contribution in [1.82, 2.24) is 4.90 Å². The Balaban J connectivity index is 1.70. The number of ether oxygens (including phenoxy) is 2. The van der Waals surface area contributed by atoms with Crippen molar-refractivity contribution in [1.29, 1.82) is 0 Å². The molecule has 1 aromatic rings. The van der Waals surface area contributed by atoms with E-state index >= 15 is 0 Å². The molecule has 1 aliphatic carbocycles. The average molecular weight is 329 g/mol. The van der Waals surface area contributed by atoms with Crippen LogP contribution in [0.5, 0.6) is 0 Å². The van der Waals surface area contributed by atoms with E-state index in [2.05, 4.69) is 0 Å². The van der Waals surface area contributed by atoms with Gasteiger partial charge >= 0.3 is 12.1 Å². The minimum absolute atomic E-state index is 0.170. The summed E-state index contributed by atoms with van der Waals surface area (Å²) in [6, 6.07) is 8.91. The maximum Gasteiger partial charge on any atom is 0.410 e. The van der Waals surface area contributed by atoms with Gasteiger partial charge in [-0.3, -0.25) is 4.79 Å². The van der Waals surface area contributed by atoms with Gasteiger partial charge in [0.05, 0.1) is 25.0 Å². The number of benzene rings is 1. The molecule has 1 amide bonds. The van der Waals surface area contributed by atoms with Crippen molar-refractivity contribution in [2.75, 3.05) is 13.7 Å². The zero-order valence-corrected chi connectivity index (χ0v) is 13.3. The molecule has 0 saturated carbocycles. The van der Waals surface area contributed by atoms with E-state index in [1.807, 2.05) is 36.4 Å². The Hall–Kier alpha value is -2.63. The fourth-order valence-electron chi connectivity index (χ4n) is 3.47. The van der Waals surface area contributed by atoms with Crippen molar-refractivity contribution in [3.8, 4) is 0 Å². The number of fused-ring (bicyclic) bond motifs is 2. The van der Waals surface area contributed by atoms with E-state index in [1.165, 1.54) is 12.0 Å². The molecule has 4 rings (SSSR count). The summed E-state index contributed by atoms with van der Waals surface area (Å²) in [6.07, 6.45) is 3.94. The zero-order valence-electron chi connectivity index (χ0n) is 13.3. The predicted molar refractivity (Wildman–Crippen MR) is 84.8 cm³/mol. The molecule has 126 valence electrons. The molecule has 1 saturated heterocycles. The quantitative estimate of drug-likeness (QED) is 0.478. The second kappa shape index (κ2) is 6.86. The molecule has 4 atom stereocenters. The molecule has 24 heavy (non-hydrogen) atoms. The third-order valence-electron chi connectivity index (χ3n) is 4.66. The van der Waals surface area contributed by atoms with Gasteiger partial charge in [0.15, 0.2) is 0 Å². The lowest BCUT2D eigenvalue weighted by atomic mass is 9.69. The average Bonchev–Trinajstić information content (AvgIpc) is 2.65. The smallest absolute Gasteiger partial charge is 0.410 e. The number of aldehydes is 1. The molecule has 6 nitrogen and oxygen atoms in total. The molecule has 2 heterocycles. The van der Waals surface area contributed by atoms with Crippen molar-refractivity contribution >= 4 is 18.3 Å². The topological polar surface area (TPSA) is 72.9 Å². The highest BCUT2D eigenvalue weighted by Gasteiger charge is 2.50. The lowest BCUT2D eigenvalue weighted by molar-refractivity contribution is -0.154. The van der Waals surface area contributed by atoms with E-state index in [1.54, 1.807) is 6.08 Å². The van der Waals surface area contributed by atoms with Gasteiger partial charge in [0, 0.05) is 12.5 Å². The first-order valence-electron chi connectivity index (χ1n) is 7.84. The summed E-state index contributed by atoms with van der Waals surface area (Å²) in [4.78, 5) is 37.4. The summed E-state index contributed by atoms with van der Waals surface area (Å²) in [5, 5.41) is 0. The van der Waals surface area contributed by atoms with Crippen LogP contribution in [-0.2, 0) is 25.7 Å². The molecule has 0 aromatic heterocycles. The normalized spacial score (nSPS) is 27.6. The maximum absolute atomic E-state index is 12.4. The summed E-state index contributed by atoms with van der Waals surface area (Å²) in [6.45, 7) is 0.516. The van der Waals surface area contributed by atoms with Crippen molar-refractivity contribution in [2.45, 2.75) is 12.6 Å². The number of hydrogen-bond acceptors (Lipinski definition) is 5. The lowest BCUT2D eigenvalue weighted by Crippen LogP contribution is -2.59. The van der Waals surface area contributed by atoms with Crippen molar-refractivity contribution < 1.29 is 23.9 Å². The Morgan fingerprint density at radius 2 is 2.00 bits per heavy atom. The van der Waals surface area contributed by atoms with Gasteiger partial charge in [-0.1, -0.05) is 42.5 Å². The van der Waals surface area contributed by atoms with Gasteiger partial charge in [0.2, 0.25) is 0 Å². The van der Waals surface area contributed by atoms with Crippen LogP contribution in [0.3, 0.4) is 0 Å². The number of amides is 1. The molecule has 0 spiro atoms. The van der Waals surface area contributed by atoms with Gasteiger partial charge in [0.25, 0.3) is 0 Å². The highest BCUT2D eigenvalue weighted by atomic mass is 16.6. The van der Waals surface area contributed by atoms with E-state index in [-0.39, 0.29) is 12.5 Å². The molecule has 2 aliphatic heterocycles. The molecule has 3 aliphatic rings. The molecule has 6 heteroatoms. The molecular formula is C18H19NO5. The molecule has 0 radical (unpaired) electrons. The van der Waals surface area contributed by atoms with Gasteiger partial charge in [-0.05, 0) is 5.56 Å². The van der Waals surface area contributed by atoms with Gasteiger partial charge < -0.3 is 19.2 Å². The summed E-state index contributed by atoms with van der Waals surface area (Å²) in [7, 11) is 1.31. The molecule has 4 unspecified atom stereocenters. The van der Waals surface area contributed by atoms with E-state index in [9.17, 15) is 14.4 Å². The largest absolute Gasteiger partial charge is 0.469 e. The molecular weight excluding hydrogens is 310 g/mol.